The fourth-order valence-electron chi connectivity index (χ4n) is 1.67. The standard InChI is InChI=1S/C12H14N4O2/c1-8-5-13-4-3-10(8)15-11(12(17)18)9-6-14-16(2)7-9/h3-7,11H,1-2H3,(H,13,15)(H,17,18). The number of hydrogen-bond acceptors (Lipinski definition) is 4. The highest BCUT2D eigenvalue weighted by Crippen LogP contribution is 2.21. The summed E-state index contributed by atoms with van der Waals surface area (Å²) in [4.78, 5) is 15.3. The molecule has 0 fully saturated rings. The first-order chi connectivity index (χ1) is 8.58. The van der Waals surface area contributed by atoms with Crippen molar-refractivity contribution in [3.05, 3.63) is 42.0 Å². The van der Waals surface area contributed by atoms with E-state index in [2.05, 4.69) is 15.4 Å². The van der Waals surface area contributed by atoms with Crippen molar-refractivity contribution in [1.82, 2.24) is 14.8 Å². The quantitative estimate of drug-likeness (QED) is 0.851. The minimum atomic E-state index is -0.945. The number of carboxylic acid groups (broad SMARTS) is 1. The van der Waals surface area contributed by atoms with Gasteiger partial charge >= 0.3 is 5.97 Å². The summed E-state index contributed by atoms with van der Waals surface area (Å²) in [6.07, 6.45) is 6.53. The molecule has 2 heterocycles. The lowest BCUT2D eigenvalue weighted by Gasteiger charge is -2.15. The molecule has 0 aliphatic heterocycles. The number of nitrogens with one attached hydrogen (secondary N) is 1. The highest BCUT2D eigenvalue weighted by Gasteiger charge is 2.21. The molecular weight excluding hydrogens is 232 g/mol. The molecule has 1 atom stereocenters. The molecule has 6 nitrogen and oxygen atoms in total. The van der Waals surface area contributed by atoms with Crippen molar-refractivity contribution < 1.29 is 9.90 Å². The molecular formula is C12H14N4O2. The van der Waals surface area contributed by atoms with Gasteiger partial charge in [0, 0.05) is 36.9 Å². The van der Waals surface area contributed by atoms with Gasteiger partial charge in [0.15, 0.2) is 6.04 Å². The van der Waals surface area contributed by atoms with Crippen molar-refractivity contribution in [3.63, 3.8) is 0 Å². The molecule has 0 spiro atoms. The highest BCUT2D eigenvalue weighted by atomic mass is 16.4. The maximum absolute atomic E-state index is 11.3. The Bertz CT molecular complexity index is 565. The summed E-state index contributed by atoms with van der Waals surface area (Å²) in [5, 5.41) is 16.2. The van der Waals surface area contributed by atoms with Crippen molar-refractivity contribution in [2.24, 2.45) is 7.05 Å². The molecule has 0 radical (unpaired) electrons. The van der Waals surface area contributed by atoms with E-state index in [1.165, 1.54) is 0 Å². The predicted molar refractivity (Wildman–Crippen MR) is 66.2 cm³/mol. The number of rotatable bonds is 4. The van der Waals surface area contributed by atoms with Gasteiger partial charge in [0.05, 0.1) is 6.20 Å². The van der Waals surface area contributed by atoms with Crippen LogP contribution in [0.2, 0.25) is 0 Å². The van der Waals surface area contributed by atoms with Gasteiger partial charge in [0.1, 0.15) is 0 Å². The second kappa shape index (κ2) is 4.87. The number of pyridine rings is 1. The van der Waals surface area contributed by atoms with Gasteiger partial charge in [-0.1, -0.05) is 0 Å². The van der Waals surface area contributed by atoms with Crippen LogP contribution < -0.4 is 5.32 Å². The number of hydrogen-bond donors (Lipinski definition) is 2. The van der Waals surface area contributed by atoms with E-state index in [0.717, 1.165) is 11.3 Å². The van der Waals surface area contributed by atoms with E-state index in [1.807, 2.05) is 6.92 Å². The van der Waals surface area contributed by atoms with Crippen LogP contribution >= 0.6 is 0 Å². The number of nitrogens with zero attached hydrogens (tertiary/aromatic N) is 3. The fraction of sp³-hybridized carbons (Fsp3) is 0.250. The van der Waals surface area contributed by atoms with Gasteiger partial charge in [-0.2, -0.15) is 5.10 Å². The Kier molecular flexibility index (Phi) is 3.27. The van der Waals surface area contributed by atoms with E-state index in [9.17, 15) is 9.90 Å². The second-order valence-electron chi connectivity index (χ2n) is 4.05. The first kappa shape index (κ1) is 12.1. The molecule has 2 N–H and O–H groups in total. The second-order valence-corrected chi connectivity index (χ2v) is 4.05. The summed E-state index contributed by atoms with van der Waals surface area (Å²) in [6.45, 7) is 1.87. The summed E-state index contributed by atoms with van der Waals surface area (Å²) >= 11 is 0. The number of aromatic nitrogens is 3. The van der Waals surface area contributed by atoms with Crippen LogP contribution in [0.1, 0.15) is 17.2 Å². The largest absolute Gasteiger partial charge is 0.479 e. The van der Waals surface area contributed by atoms with Gasteiger partial charge in [-0.25, -0.2) is 4.79 Å². The zero-order valence-corrected chi connectivity index (χ0v) is 10.2. The summed E-state index contributed by atoms with van der Waals surface area (Å²) in [7, 11) is 1.75. The average Bonchev–Trinajstić information content (AvgIpc) is 2.74. The average molecular weight is 246 g/mol. The molecule has 1 unspecified atom stereocenters. The van der Waals surface area contributed by atoms with Crippen LogP contribution in [0.15, 0.2) is 30.9 Å². The molecule has 0 aliphatic rings. The molecule has 2 rings (SSSR count). The van der Waals surface area contributed by atoms with E-state index < -0.39 is 12.0 Å². The fourth-order valence-corrected chi connectivity index (χ4v) is 1.67. The molecule has 0 bridgehead atoms. The van der Waals surface area contributed by atoms with Crippen LogP contribution in [0.3, 0.4) is 0 Å². The van der Waals surface area contributed by atoms with E-state index in [0.29, 0.717) is 5.56 Å². The van der Waals surface area contributed by atoms with Crippen LogP contribution in [0, 0.1) is 6.92 Å². The highest BCUT2D eigenvalue weighted by molar-refractivity contribution is 5.79. The van der Waals surface area contributed by atoms with Crippen LogP contribution in [-0.4, -0.2) is 25.8 Å². The first-order valence-electron chi connectivity index (χ1n) is 5.46. The van der Waals surface area contributed by atoms with Crippen molar-refractivity contribution in [1.29, 1.82) is 0 Å². The molecule has 0 aliphatic carbocycles. The number of aryl methyl sites for hydroxylation is 2. The summed E-state index contributed by atoms with van der Waals surface area (Å²) in [5.74, 6) is -0.945. The number of carboxylic acids is 1. The predicted octanol–water partition coefficient (Wildman–Crippen LogP) is 1.36. The molecule has 0 amide bonds. The topological polar surface area (TPSA) is 80.0 Å². The maximum atomic E-state index is 11.3. The zero-order valence-electron chi connectivity index (χ0n) is 10.2. The van der Waals surface area contributed by atoms with Gasteiger partial charge in [-0.3, -0.25) is 9.67 Å². The van der Waals surface area contributed by atoms with Crippen LogP contribution in [0.25, 0.3) is 0 Å². The third kappa shape index (κ3) is 2.48. The van der Waals surface area contributed by atoms with E-state index in [1.54, 1.807) is 42.6 Å². The van der Waals surface area contributed by atoms with Crippen LogP contribution in [-0.2, 0) is 11.8 Å². The number of anilines is 1. The number of carbonyl (C=O) groups is 1. The SMILES string of the molecule is Cc1cnccc1NC(C(=O)O)c1cnn(C)c1. The monoisotopic (exact) mass is 246 g/mol. The Labute approximate surface area is 104 Å². The van der Waals surface area contributed by atoms with Crippen molar-refractivity contribution in [3.8, 4) is 0 Å². The van der Waals surface area contributed by atoms with Crippen molar-refractivity contribution in [2.75, 3.05) is 5.32 Å². The zero-order chi connectivity index (χ0) is 13.1. The molecule has 2 aromatic rings. The molecule has 0 aromatic carbocycles. The Morgan fingerprint density at radius 2 is 2.28 bits per heavy atom. The molecule has 2 aromatic heterocycles. The Morgan fingerprint density at radius 3 is 2.83 bits per heavy atom. The third-order valence-electron chi connectivity index (χ3n) is 2.63. The molecule has 0 saturated heterocycles. The smallest absolute Gasteiger partial charge is 0.330 e. The summed E-state index contributed by atoms with van der Waals surface area (Å²) < 4.78 is 1.58. The van der Waals surface area contributed by atoms with E-state index in [4.69, 9.17) is 0 Å². The molecule has 94 valence electrons. The summed E-state index contributed by atoms with van der Waals surface area (Å²) in [6, 6.07) is 0.932. The van der Waals surface area contributed by atoms with Gasteiger partial charge in [-0.05, 0) is 18.6 Å². The number of aliphatic carboxylic acids is 1. The Hall–Kier alpha value is -2.37. The molecule has 6 heteroatoms. The minimum Gasteiger partial charge on any atom is -0.479 e. The summed E-state index contributed by atoms with van der Waals surface area (Å²) in [5.41, 5.74) is 2.26. The molecule has 18 heavy (non-hydrogen) atoms. The van der Waals surface area contributed by atoms with Crippen molar-refractivity contribution >= 4 is 11.7 Å². The Morgan fingerprint density at radius 1 is 1.50 bits per heavy atom. The van der Waals surface area contributed by atoms with Crippen LogP contribution in [0.5, 0.6) is 0 Å². The lowest BCUT2D eigenvalue weighted by Crippen LogP contribution is -2.20. The van der Waals surface area contributed by atoms with Gasteiger partial charge in [0.25, 0.3) is 0 Å². The van der Waals surface area contributed by atoms with Crippen molar-refractivity contribution in [2.45, 2.75) is 13.0 Å². The van der Waals surface area contributed by atoms with Crippen LogP contribution in [0.4, 0.5) is 5.69 Å². The van der Waals surface area contributed by atoms with E-state index in [-0.39, 0.29) is 0 Å². The van der Waals surface area contributed by atoms with Gasteiger partial charge < -0.3 is 10.4 Å². The van der Waals surface area contributed by atoms with Gasteiger partial charge in [0.2, 0.25) is 0 Å². The third-order valence-corrected chi connectivity index (χ3v) is 2.63. The lowest BCUT2D eigenvalue weighted by molar-refractivity contribution is -0.138. The normalized spacial score (nSPS) is 12.1. The minimum absolute atomic E-state index is 0.612. The van der Waals surface area contributed by atoms with E-state index >= 15 is 0 Å². The van der Waals surface area contributed by atoms with Gasteiger partial charge in [-0.15, -0.1) is 0 Å². The lowest BCUT2D eigenvalue weighted by atomic mass is 10.1. The maximum Gasteiger partial charge on any atom is 0.330 e. The molecule has 0 saturated carbocycles. The Balaban J connectivity index is 2.28. The first-order valence-corrected chi connectivity index (χ1v) is 5.46.